The zero-order valence-corrected chi connectivity index (χ0v) is 42.3. The molecule has 0 N–H and O–H groups in total. The average molecular weight is 967 g/mol. The maximum absolute atomic E-state index is 12.4. The lowest BCUT2D eigenvalue weighted by atomic mass is 9.97. The standard InChI is InChI=1S/C52H86O16/c1-43(2)41-47-7-11-49(12-8-47)45(5)51(53)67-39-37-65-35-33-63-31-29-61-27-25-59-23-21-57-19-17-55-15-16-56-18-20-58-22-24-60-26-28-62-30-32-64-34-36-66-38-40-68-52(54)46(6)50-13-9-48(10-14-50)42-44(3)4/h7-14,43-46H,15-42H2,1-6H3. The third kappa shape index (κ3) is 34.2. The van der Waals surface area contributed by atoms with Gasteiger partial charge in [0.25, 0.3) is 0 Å². The van der Waals surface area contributed by atoms with E-state index in [4.69, 9.17) is 66.3 Å². The molecule has 0 aliphatic heterocycles. The van der Waals surface area contributed by atoms with Crippen LogP contribution in [-0.2, 0) is 88.7 Å². The van der Waals surface area contributed by atoms with Gasteiger partial charge in [-0.1, -0.05) is 76.2 Å². The lowest BCUT2D eigenvalue weighted by Gasteiger charge is -2.13. The number of hydrogen-bond acceptors (Lipinski definition) is 16. The molecule has 0 fully saturated rings. The van der Waals surface area contributed by atoms with Crippen molar-refractivity contribution >= 4 is 11.9 Å². The molecule has 0 aliphatic rings. The van der Waals surface area contributed by atoms with Crippen LogP contribution in [0.1, 0.15) is 75.6 Å². The van der Waals surface area contributed by atoms with E-state index in [1.165, 1.54) is 11.1 Å². The lowest BCUT2D eigenvalue weighted by Crippen LogP contribution is -2.17. The number of benzene rings is 2. The largest absolute Gasteiger partial charge is 0.463 e. The Morgan fingerprint density at radius 3 is 0.647 bits per heavy atom. The normalized spacial score (nSPS) is 12.5. The first-order valence-corrected chi connectivity index (χ1v) is 24.6. The van der Waals surface area contributed by atoms with Crippen molar-refractivity contribution in [3.05, 3.63) is 70.8 Å². The molecule has 0 saturated carbocycles. The number of ether oxygens (including phenoxy) is 14. The maximum Gasteiger partial charge on any atom is 0.313 e. The summed E-state index contributed by atoms with van der Waals surface area (Å²) in [4.78, 5) is 24.7. The van der Waals surface area contributed by atoms with Crippen molar-refractivity contribution in [2.24, 2.45) is 11.8 Å². The monoisotopic (exact) mass is 967 g/mol. The van der Waals surface area contributed by atoms with Crippen molar-refractivity contribution in [2.45, 2.75) is 66.2 Å². The molecule has 16 nitrogen and oxygen atoms in total. The molecular formula is C52H86O16. The Labute approximate surface area is 407 Å². The van der Waals surface area contributed by atoms with Gasteiger partial charge in [0.2, 0.25) is 0 Å². The van der Waals surface area contributed by atoms with Gasteiger partial charge < -0.3 is 66.3 Å². The first-order valence-electron chi connectivity index (χ1n) is 24.6. The van der Waals surface area contributed by atoms with Crippen molar-refractivity contribution in [1.82, 2.24) is 0 Å². The van der Waals surface area contributed by atoms with E-state index < -0.39 is 0 Å². The summed E-state index contributed by atoms with van der Waals surface area (Å²) >= 11 is 0. The van der Waals surface area contributed by atoms with Crippen LogP contribution in [0, 0.1) is 11.8 Å². The van der Waals surface area contributed by atoms with Crippen LogP contribution in [0.5, 0.6) is 0 Å². The summed E-state index contributed by atoms with van der Waals surface area (Å²) in [7, 11) is 0. The fourth-order valence-electron chi connectivity index (χ4n) is 6.27. The molecule has 0 bridgehead atoms. The van der Waals surface area contributed by atoms with Gasteiger partial charge >= 0.3 is 11.9 Å². The van der Waals surface area contributed by atoms with Gasteiger partial charge in [-0.15, -0.1) is 0 Å². The van der Waals surface area contributed by atoms with Crippen LogP contribution < -0.4 is 0 Å². The number of hydrogen-bond donors (Lipinski definition) is 0. The number of carbonyl (C=O) groups excluding carboxylic acids is 2. The molecule has 16 heteroatoms. The van der Waals surface area contributed by atoms with Gasteiger partial charge in [0, 0.05) is 0 Å². The Bertz CT molecular complexity index is 1350. The fourth-order valence-corrected chi connectivity index (χ4v) is 6.27. The van der Waals surface area contributed by atoms with E-state index in [9.17, 15) is 9.59 Å². The highest BCUT2D eigenvalue weighted by atomic mass is 16.6. The summed E-state index contributed by atoms with van der Waals surface area (Å²) in [6.45, 7) is 23.8. The van der Waals surface area contributed by atoms with Crippen molar-refractivity contribution in [3.63, 3.8) is 0 Å². The highest BCUT2D eigenvalue weighted by Crippen LogP contribution is 2.20. The molecule has 0 heterocycles. The molecule has 2 rings (SSSR count). The third-order valence-electron chi connectivity index (χ3n) is 9.99. The maximum atomic E-state index is 12.4. The molecule has 0 spiro atoms. The zero-order valence-electron chi connectivity index (χ0n) is 42.3. The van der Waals surface area contributed by atoms with Gasteiger partial charge in [-0.05, 0) is 60.8 Å². The highest BCUT2D eigenvalue weighted by Gasteiger charge is 2.18. The number of rotatable bonds is 47. The Kier molecular flexibility index (Phi) is 38.4. The minimum Gasteiger partial charge on any atom is -0.463 e. The summed E-state index contributed by atoms with van der Waals surface area (Å²) in [6.07, 6.45) is 2.05. The molecule has 0 aliphatic carbocycles. The van der Waals surface area contributed by atoms with Crippen LogP contribution in [0.4, 0.5) is 0 Å². The van der Waals surface area contributed by atoms with Gasteiger partial charge in [-0.2, -0.15) is 0 Å². The zero-order chi connectivity index (χ0) is 49.1. The van der Waals surface area contributed by atoms with E-state index in [2.05, 4.69) is 52.0 Å². The molecule has 2 unspecified atom stereocenters. The fraction of sp³-hybridized carbons (Fsp3) is 0.731. The molecule has 0 saturated heterocycles. The van der Waals surface area contributed by atoms with Crippen LogP contribution in [0.3, 0.4) is 0 Å². The third-order valence-corrected chi connectivity index (χ3v) is 9.99. The van der Waals surface area contributed by atoms with Crippen molar-refractivity contribution < 1.29 is 75.9 Å². The first kappa shape index (κ1) is 61.0. The molecule has 2 atom stereocenters. The summed E-state index contributed by atoms with van der Waals surface area (Å²) in [6, 6.07) is 16.4. The van der Waals surface area contributed by atoms with E-state index in [1.54, 1.807) is 0 Å². The molecule has 0 radical (unpaired) electrons. The summed E-state index contributed by atoms with van der Waals surface area (Å²) in [5.74, 6) is 0.0476. The Morgan fingerprint density at radius 2 is 0.471 bits per heavy atom. The molecule has 390 valence electrons. The van der Waals surface area contributed by atoms with Gasteiger partial charge in [0.15, 0.2) is 0 Å². The van der Waals surface area contributed by atoms with Crippen LogP contribution in [0.25, 0.3) is 0 Å². The van der Waals surface area contributed by atoms with E-state index in [0.717, 1.165) is 24.0 Å². The minimum absolute atomic E-state index is 0.210. The van der Waals surface area contributed by atoms with Gasteiger partial charge in [-0.3, -0.25) is 9.59 Å². The van der Waals surface area contributed by atoms with Crippen molar-refractivity contribution in [2.75, 3.05) is 172 Å². The van der Waals surface area contributed by atoms with Gasteiger partial charge in [-0.25, -0.2) is 0 Å². The predicted octanol–water partition coefficient (Wildman–Crippen LogP) is 6.28. The summed E-state index contributed by atoms with van der Waals surface area (Å²) < 4.78 is 76.9. The predicted molar refractivity (Wildman–Crippen MR) is 259 cm³/mol. The molecule has 2 aromatic rings. The SMILES string of the molecule is CC(C)Cc1ccc(C(C)C(=O)OCCOCCOCCOCCOCCOCCOCCOCCOCCOCCOCCOCCOCCOC(=O)C(C)c2ccc(CC(C)C)cc2)cc1. The smallest absolute Gasteiger partial charge is 0.313 e. The van der Waals surface area contributed by atoms with Gasteiger partial charge in [0.1, 0.15) is 13.2 Å². The number of esters is 2. The quantitative estimate of drug-likeness (QED) is 0.0538. The Balaban J connectivity index is 1.18. The number of carbonyl (C=O) groups is 2. The molecule has 68 heavy (non-hydrogen) atoms. The Hall–Kier alpha value is -3.10. The van der Waals surface area contributed by atoms with E-state index in [1.807, 2.05) is 38.1 Å². The van der Waals surface area contributed by atoms with Crippen LogP contribution in [0.2, 0.25) is 0 Å². The second kappa shape index (κ2) is 42.8. The molecular weight excluding hydrogens is 881 g/mol. The van der Waals surface area contributed by atoms with E-state index >= 15 is 0 Å². The second-order valence-corrected chi connectivity index (χ2v) is 16.8. The minimum atomic E-state index is -0.318. The lowest BCUT2D eigenvalue weighted by molar-refractivity contribution is -0.147. The van der Waals surface area contributed by atoms with Crippen LogP contribution in [0.15, 0.2) is 48.5 Å². The molecule has 0 aromatic heterocycles. The van der Waals surface area contributed by atoms with Gasteiger partial charge in [0.05, 0.1) is 170 Å². The Morgan fingerprint density at radius 1 is 0.294 bits per heavy atom. The van der Waals surface area contributed by atoms with Crippen molar-refractivity contribution in [3.8, 4) is 0 Å². The van der Waals surface area contributed by atoms with Crippen molar-refractivity contribution in [1.29, 1.82) is 0 Å². The van der Waals surface area contributed by atoms with Crippen LogP contribution in [-0.4, -0.2) is 184 Å². The van der Waals surface area contributed by atoms with E-state index in [-0.39, 0.29) is 37.0 Å². The van der Waals surface area contributed by atoms with Crippen LogP contribution >= 0.6 is 0 Å². The second-order valence-electron chi connectivity index (χ2n) is 16.8. The topological polar surface area (TPSA) is 163 Å². The first-order chi connectivity index (χ1) is 33.2. The molecule has 2 aromatic carbocycles. The molecule has 0 amide bonds. The highest BCUT2D eigenvalue weighted by molar-refractivity contribution is 5.78. The summed E-state index contributed by atoms with van der Waals surface area (Å²) in [5.41, 5.74) is 4.45. The van der Waals surface area contributed by atoms with E-state index in [0.29, 0.717) is 170 Å². The average Bonchev–Trinajstić information content (AvgIpc) is 3.32. The summed E-state index contributed by atoms with van der Waals surface area (Å²) in [5, 5.41) is 0.